The Bertz CT molecular complexity index is 366. The van der Waals surface area contributed by atoms with Gasteiger partial charge in [-0.1, -0.05) is 17.7 Å². The zero-order valence-corrected chi connectivity index (χ0v) is 9.89. The molecule has 1 unspecified atom stereocenters. The van der Waals surface area contributed by atoms with Crippen molar-refractivity contribution in [3.05, 3.63) is 27.8 Å². The molecule has 84 valence electrons. The Balaban J connectivity index is 3.23. The van der Waals surface area contributed by atoms with E-state index in [2.05, 4.69) is 5.32 Å². The van der Waals surface area contributed by atoms with Crippen molar-refractivity contribution in [1.82, 2.24) is 5.32 Å². The van der Waals surface area contributed by atoms with E-state index in [1.807, 2.05) is 19.9 Å². The van der Waals surface area contributed by atoms with Gasteiger partial charge in [0.1, 0.15) is 5.75 Å². The van der Waals surface area contributed by atoms with Crippen LogP contribution in [0.2, 0.25) is 5.02 Å². The normalized spacial score (nSPS) is 12.9. The Morgan fingerprint density at radius 1 is 1.40 bits per heavy atom. The Morgan fingerprint density at radius 2 is 2.00 bits per heavy atom. The van der Waals surface area contributed by atoms with Crippen molar-refractivity contribution in [1.29, 1.82) is 0 Å². The van der Waals surface area contributed by atoms with E-state index in [0.717, 1.165) is 11.1 Å². The van der Waals surface area contributed by atoms with Gasteiger partial charge in [-0.05, 0) is 32.0 Å². The number of aliphatic hydroxyl groups excluding tert-OH is 1. The lowest BCUT2D eigenvalue weighted by Gasteiger charge is -2.17. The zero-order valence-electron chi connectivity index (χ0n) is 9.13. The number of aryl methyl sites for hydroxylation is 2. The van der Waals surface area contributed by atoms with E-state index in [9.17, 15) is 10.2 Å². The zero-order chi connectivity index (χ0) is 11.6. The molecule has 0 aliphatic rings. The molecule has 1 aromatic rings. The van der Waals surface area contributed by atoms with Crippen LogP contribution >= 0.6 is 11.6 Å². The average molecular weight is 230 g/mol. The molecule has 0 aliphatic carbocycles. The summed E-state index contributed by atoms with van der Waals surface area (Å²) in [4.78, 5) is 0. The highest BCUT2D eigenvalue weighted by molar-refractivity contribution is 6.32. The molecule has 0 saturated carbocycles. The third-order valence-corrected chi connectivity index (χ3v) is 2.87. The van der Waals surface area contributed by atoms with Gasteiger partial charge in [-0.25, -0.2) is 0 Å². The van der Waals surface area contributed by atoms with Crippen LogP contribution in [0.25, 0.3) is 0 Å². The van der Waals surface area contributed by atoms with Crippen LogP contribution in [0, 0.1) is 13.8 Å². The third-order valence-electron chi connectivity index (χ3n) is 2.40. The highest BCUT2D eigenvalue weighted by Crippen LogP contribution is 2.36. The summed E-state index contributed by atoms with van der Waals surface area (Å²) in [7, 11) is 1.74. The molecule has 15 heavy (non-hydrogen) atoms. The molecule has 0 bridgehead atoms. The summed E-state index contributed by atoms with van der Waals surface area (Å²) in [5, 5.41) is 22.8. The fourth-order valence-electron chi connectivity index (χ4n) is 1.67. The quantitative estimate of drug-likeness (QED) is 0.742. The predicted octanol–water partition coefficient (Wildman–Crippen LogP) is 1.92. The number of likely N-dealkylation sites (N-methyl/N-ethyl adjacent to an activating group) is 1. The van der Waals surface area contributed by atoms with E-state index in [1.165, 1.54) is 0 Å². The first-order chi connectivity index (χ1) is 6.99. The molecule has 3 N–H and O–H groups in total. The monoisotopic (exact) mass is 229 g/mol. The fourth-order valence-corrected chi connectivity index (χ4v) is 1.83. The SMILES string of the molecule is CNCC(O)c1c(C)cc(C)c(Cl)c1O. The first kappa shape index (κ1) is 12.3. The van der Waals surface area contributed by atoms with Gasteiger partial charge in [0.2, 0.25) is 0 Å². The molecule has 0 saturated heterocycles. The van der Waals surface area contributed by atoms with E-state index in [-0.39, 0.29) is 5.75 Å². The van der Waals surface area contributed by atoms with Crippen molar-refractivity contribution >= 4 is 11.6 Å². The Labute approximate surface area is 94.7 Å². The lowest BCUT2D eigenvalue weighted by molar-refractivity contribution is 0.173. The first-order valence-corrected chi connectivity index (χ1v) is 5.18. The second-order valence-electron chi connectivity index (χ2n) is 3.66. The average Bonchev–Trinajstić information content (AvgIpc) is 2.15. The smallest absolute Gasteiger partial charge is 0.140 e. The number of halogens is 1. The van der Waals surface area contributed by atoms with Crippen LogP contribution in [0.3, 0.4) is 0 Å². The summed E-state index contributed by atoms with van der Waals surface area (Å²) in [6.07, 6.45) is -0.743. The number of nitrogens with one attached hydrogen (secondary N) is 1. The number of aliphatic hydroxyl groups is 1. The van der Waals surface area contributed by atoms with Crippen LogP contribution in [-0.4, -0.2) is 23.8 Å². The fraction of sp³-hybridized carbons (Fsp3) is 0.455. The summed E-state index contributed by atoms with van der Waals surface area (Å²) < 4.78 is 0. The van der Waals surface area contributed by atoms with Gasteiger partial charge in [0, 0.05) is 12.1 Å². The van der Waals surface area contributed by atoms with Gasteiger partial charge in [0.05, 0.1) is 11.1 Å². The second kappa shape index (κ2) is 4.84. The van der Waals surface area contributed by atoms with Crippen molar-refractivity contribution in [2.45, 2.75) is 20.0 Å². The minimum Gasteiger partial charge on any atom is -0.506 e. The maximum absolute atomic E-state index is 9.84. The van der Waals surface area contributed by atoms with Crippen LogP contribution in [0.1, 0.15) is 22.8 Å². The molecular formula is C11H16ClNO2. The number of rotatable bonds is 3. The third kappa shape index (κ3) is 2.43. The van der Waals surface area contributed by atoms with Crippen LogP contribution < -0.4 is 5.32 Å². The number of hydrogen-bond acceptors (Lipinski definition) is 3. The minimum atomic E-state index is -0.743. The van der Waals surface area contributed by atoms with Crippen LogP contribution in [0.15, 0.2) is 6.07 Å². The van der Waals surface area contributed by atoms with Crippen molar-refractivity contribution < 1.29 is 10.2 Å². The lowest BCUT2D eigenvalue weighted by Crippen LogP contribution is -2.17. The molecule has 0 aromatic heterocycles. The Morgan fingerprint density at radius 3 is 2.53 bits per heavy atom. The van der Waals surface area contributed by atoms with Gasteiger partial charge in [-0.3, -0.25) is 0 Å². The van der Waals surface area contributed by atoms with Crippen molar-refractivity contribution in [3.63, 3.8) is 0 Å². The van der Waals surface area contributed by atoms with E-state index in [4.69, 9.17) is 11.6 Å². The molecule has 3 nitrogen and oxygen atoms in total. The summed E-state index contributed by atoms with van der Waals surface area (Å²) in [6.45, 7) is 4.05. The van der Waals surface area contributed by atoms with Crippen LogP contribution in [0.4, 0.5) is 0 Å². The topological polar surface area (TPSA) is 52.5 Å². The van der Waals surface area contributed by atoms with Gasteiger partial charge >= 0.3 is 0 Å². The number of hydrogen-bond donors (Lipinski definition) is 3. The maximum atomic E-state index is 9.84. The van der Waals surface area contributed by atoms with Crippen molar-refractivity contribution in [2.75, 3.05) is 13.6 Å². The van der Waals surface area contributed by atoms with Gasteiger partial charge in [-0.2, -0.15) is 0 Å². The molecule has 0 aliphatic heterocycles. The van der Waals surface area contributed by atoms with E-state index >= 15 is 0 Å². The number of aromatic hydroxyl groups is 1. The summed E-state index contributed by atoms with van der Waals surface area (Å²) in [6, 6.07) is 1.86. The predicted molar refractivity (Wildman–Crippen MR) is 61.5 cm³/mol. The minimum absolute atomic E-state index is 0.0167. The number of phenolic OH excluding ortho intramolecular Hbond substituents is 1. The summed E-state index contributed by atoms with van der Waals surface area (Å²) in [5.41, 5.74) is 2.16. The largest absolute Gasteiger partial charge is 0.506 e. The molecule has 1 aromatic carbocycles. The summed E-state index contributed by atoms with van der Waals surface area (Å²) >= 11 is 5.92. The molecule has 0 spiro atoms. The first-order valence-electron chi connectivity index (χ1n) is 4.80. The Kier molecular flexibility index (Phi) is 3.97. The molecule has 0 heterocycles. The molecule has 4 heteroatoms. The van der Waals surface area contributed by atoms with Crippen LogP contribution in [0.5, 0.6) is 5.75 Å². The van der Waals surface area contributed by atoms with Gasteiger partial charge < -0.3 is 15.5 Å². The number of phenols is 1. The second-order valence-corrected chi connectivity index (χ2v) is 4.04. The van der Waals surface area contributed by atoms with E-state index < -0.39 is 6.10 Å². The van der Waals surface area contributed by atoms with Gasteiger partial charge in [0.15, 0.2) is 0 Å². The molecular weight excluding hydrogens is 214 g/mol. The molecule has 1 rings (SSSR count). The van der Waals surface area contributed by atoms with Crippen molar-refractivity contribution in [2.24, 2.45) is 0 Å². The van der Waals surface area contributed by atoms with Crippen molar-refractivity contribution in [3.8, 4) is 5.75 Å². The highest BCUT2D eigenvalue weighted by Gasteiger charge is 2.18. The highest BCUT2D eigenvalue weighted by atomic mass is 35.5. The van der Waals surface area contributed by atoms with Gasteiger partial charge in [-0.15, -0.1) is 0 Å². The van der Waals surface area contributed by atoms with Gasteiger partial charge in [0.25, 0.3) is 0 Å². The Hall–Kier alpha value is -0.770. The molecule has 0 amide bonds. The standard InChI is InChI=1S/C11H16ClNO2/c1-6-4-7(2)10(12)11(15)9(6)8(14)5-13-3/h4,8,13-15H,5H2,1-3H3. The summed E-state index contributed by atoms with van der Waals surface area (Å²) in [5.74, 6) is -0.0167. The van der Waals surface area contributed by atoms with E-state index in [0.29, 0.717) is 17.1 Å². The molecule has 0 radical (unpaired) electrons. The van der Waals surface area contributed by atoms with E-state index in [1.54, 1.807) is 7.05 Å². The molecule has 1 atom stereocenters. The van der Waals surface area contributed by atoms with Crippen LogP contribution in [-0.2, 0) is 0 Å². The number of benzene rings is 1. The molecule has 0 fully saturated rings. The lowest BCUT2D eigenvalue weighted by atomic mass is 9.99. The maximum Gasteiger partial charge on any atom is 0.140 e.